The van der Waals surface area contributed by atoms with Gasteiger partial charge in [-0.15, -0.1) is 11.3 Å². The molecule has 5 heteroatoms. The van der Waals surface area contributed by atoms with Crippen LogP contribution in [0, 0.1) is 0 Å². The molecule has 0 unspecified atom stereocenters. The summed E-state index contributed by atoms with van der Waals surface area (Å²) in [6.45, 7) is 0. The summed E-state index contributed by atoms with van der Waals surface area (Å²) in [5.74, 6) is -0.342. The minimum absolute atomic E-state index is 0.342. The summed E-state index contributed by atoms with van der Waals surface area (Å²) >= 11 is 7.56. The van der Waals surface area contributed by atoms with Gasteiger partial charge in [0.1, 0.15) is 5.01 Å². The molecule has 0 saturated carbocycles. The van der Waals surface area contributed by atoms with Gasteiger partial charge in [-0.3, -0.25) is 0 Å². The average molecular weight is 330 g/mol. The molecule has 2 aromatic carbocycles. The highest BCUT2D eigenvalue weighted by Crippen LogP contribution is 2.30. The summed E-state index contributed by atoms with van der Waals surface area (Å²) in [5, 5.41) is 3.58. The predicted molar refractivity (Wildman–Crippen MR) is 89.3 cm³/mol. The van der Waals surface area contributed by atoms with Crippen LogP contribution >= 0.6 is 22.9 Å². The third kappa shape index (κ3) is 3.03. The van der Waals surface area contributed by atoms with E-state index in [2.05, 4.69) is 4.98 Å². The maximum absolute atomic E-state index is 11.4. The van der Waals surface area contributed by atoms with Gasteiger partial charge >= 0.3 is 5.97 Å². The number of thiazole rings is 1. The Morgan fingerprint density at radius 3 is 2.59 bits per heavy atom. The molecule has 0 spiro atoms. The highest BCUT2D eigenvalue weighted by atomic mass is 35.5. The van der Waals surface area contributed by atoms with Gasteiger partial charge in [-0.1, -0.05) is 35.9 Å². The Bertz CT molecular complexity index is 812. The number of aromatic nitrogens is 1. The van der Waals surface area contributed by atoms with Crippen molar-refractivity contribution in [3.05, 3.63) is 64.5 Å². The van der Waals surface area contributed by atoms with Gasteiger partial charge in [-0.2, -0.15) is 0 Å². The lowest BCUT2D eigenvalue weighted by Gasteiger charge is -2.00. The number of hydrogen-bond acceptors (Lipinski definition) is 4. The standard InChI is InChI=1S/C17H12ClNO2S/c1-21-17(20)12-7-5-11(6-8-12)16-19-15(10-22-16)13-3-2-4-14(18)9-13/h2-10H,1H3. The van der Waals surface area contributed by atoms with E-state index in [1.54, 1.807) is 23.5 Å². The Balaban J connectivity index is 1.89. The van der Waals surface area contributed by atoms with Crippen LogP contribution in [0.4, 0.5) is 0 Å². The highest BCUT2D eigenvalue weighted by Gasteiger charge is 2.09. The molecule has 0 aliphatic rings. The number of nitrogens with zero attached hydrogens (tertiary/aromatic N) is 1. The van der Waals surface area contributed by atoms with Crippen LogP contribution in [0.15, 0.2) is 53.9 Å². The SMILES string of the molecule is COC(=O)c1ccc(-c2nc(-c3cccc(Cl)c3)cs2)cc1. The maximum Gasteiger partial charge on any atom is 0.337 e. The summed E-state index contributed by atoms with van der Waals surface area (Å²) < 4.78 is 4.69. The monoisotopic (exact) mass is 329 g/mol. The fourth-order valence-electron chi connectivity index (χ4n) is 2.05. The first-order chi connectivity index (χ1) is 10.7. The lowest BCUT2D eigenvalue weighted by molar-refractivity contribution is 0.0601. The first-order valence-corrected chi connectivity index (χ1v) is 7.83. The average Bonchev–Trinajstić information content (AvgIpc) is 3.04. The maximum atomic E-state index is 11.4. The van der Waals surface area contributed by atoms with Crippen LogP contribution in [0.3, 0.4) is 0 Å². The molecule has 0 atom stereocenters. The van der Waals surface area contributed by atoms with E-state index in [9.17, 15) is 4.79 Å². The zero-order chi connectivity index (χ0) is 15.5. The summed E-state index contributed by atoms with van der Waals surface area (Å²) in [5.41, 5.74) is 3.37. The number of methoxy groups -OCH3 is 1. The quantitative estimate of drug-likeness (QED) is 0.640. The zero-order valence-corrected chi connectivity index (χ0v) is 13.3. The molecule has 0 bridgehead atoms. The van der Waals surface area contributed by atoms with Gasteiger partial charge in [0, 0.05) is 21.5 Å². The van der Waals surface area contributed by atoms with Crippen molar-refractivity contribution in [3.63, 3.8) is 0 Å². The first-order valence-electron chi connectivity index (χ1n) is 6.57. The minimum atomic E-state index is -0.342. The van der Waals surface area contributed by atoms with Crippen molar-refractivity contribution < 1.29 is 9.53 Å². The fourth-order valence-corrected chi connectivity index (χ4v) is 3.08. The van der Waals surface area contributed by atoms with Gasteiger partial charge in [-0.05, 0) is 24.3 Å². The molecule has 0 amide bonds. The summed E-state index contributed by atoms with van der Waals surface area (Å²) in [7, 11) is 1.37. The van der Waals surface area contributed by atoms with Crippen molar-refractivity contribution in [3.8, 4) is 21.8 Å². The van der Waals surface area contributed by atoms with Crippen LogP contribution < -0.4 is 0 Å². The largest absolute Gasteiger partial charge is 0.465 e. The van der Waals surface area contributed by atoms with E-state index in [4.69, 9.17) is 16.3 Å². The van der Waals surface area contributed by atoms with E-state index in [-0.39, 0.29) is 5.97 Å². The van der Waals surface area contributed by atoms with Crippen LogP contribution in [0.1, 0.15) is 10.4 Å². The third-order valence-electron chi connectivity index (χ3n) is 3.18. The van der Waals surface area contributed by atoms with Gasteiger partial charge in [0.2, 0.25) is 0 Å². The number of carbonyl (C=O) groups is 1. The lowest BCUT2D eigenvalue weighted by Crippen LogP contribution is -2.00. The van der Waals surface area contributed by atoms with Crippen molar-refractivity contribution in [2.24, 2.45) is 0 Å². The number of halogens is 1. The van der Waals surface area contributed by atoms with Gasteiger partial charge < -0.3 is 4.74 Å². The van der Waals surface area contributed by atoms with E-state index in [0.29, 0.717) is 10.6 Å². The second-order valence-corrected chi connectivity index (χ2v) is 5.91. The predicted octanol–water partition coefficient (Wildman–Crippen LogP) is 4.92. The second-order valence-electron chi connectivity index (χ2n) is 4.62. The fraction of sp³-hybridized carbons (Fsp3) is 0.0588. The molecule has 1 aromatic heterocycles. The van der Waals surface area contributed by atoms with Gasteiger partial charge in [0.15, 0.2) is 0 Å². The molecule has 1 heterocycles. The number of carbonyl (C=O) groups excluding carboxylic acids is 1. The molecule has 0 N–H and O–H groups in total. The highest BCUT2D eigenvalue weighted by molar-refractivity contribution is 7.13. The van der Waals surface area contributed by atoms with Crippen LogP contribution in [-0.2, 0) is 4.74 Å². The van der Waals surface area contributed by atoms with Crippen molar-refractivity contribution in [1.82, 2.24) is 4.98 Å². The molecule has 3 rings (SSSR count). The molecule has 0 radical (unpaired) electrons. The van der Waals surface area contributed by atoms with Crippen molar-refractivity contribution in [2.75, 3.05) is 7.11 Å². The van der Waals surface area contributed by atoms with E-state index in [0.717, 1.165) is 21.8 Å². The molecule has 0 saturated heterocycles. The molecule has 0 fully saturated rings. The molecule has 0 aliphatic carbocycles. The summed E-state index contributed by atoms with van der Waals surface area (Å²) in [6, 6.07) is 14.8. The number of esters is 1. The smallest absolute Gasteiger partial charge is 0.337 e. The number of benzene rings is 2. The zero-order valence-electron chi connectivity index (χ0n) is 11.7. The second kappa shape index (κ2) is 6.30. The van der Waals surface area contributed by atoms with Crippen LogP contribution in [0.2, 0.25) is 5.02 Å². The van der Waals surface area contributed by atoms with Crippen molar-refractivity contribution in [1.29, 1.82) is 0 Å². The van der Waals surface area contributed by atoms with Crippen molar-refractivity contribution >= 4 is 28.9 Å². The van der Waals surface area contributed by atoms with E-state index >= 15 is 0 Å². The molecule has 3 nitrogen and oxygen atoms in total. The number of rotatable bonds is 3. The Hall–Kier alpha value is -2.17. The van der Waals surface area contributed by atoms with Gasteiger partial charge in [-0.25, -0.2) is 9.78 Å². The van der Waals surface area contributed by atoms with Crippen LogP contribution in [-0.4, -0.2) is 18.1 Å². The Morgan fingerprint density at radius 1 is 1.14 bits per heavy atom. The topological polar surface area (TPSA) is 39.2 Å². The number of ether oxygens (including phenoxy) is 1. The lowest BCUT2D eigenvalue weighted by atomic mass is 10.1. The molecule has 22 heavy (non-hydrogen) atoms. The Kier molecular flexibility index (Phi) is 4.22. The van der Waals surface area contributed by atoms with Crippen LogP contribution in [0.25, 0.3) is 21.8 Å². The first kappa shape index (κ1) is 14.8. The normalized spacial score (nSPS) is 10.5. The Morgan fingerprint density at radius 2 is 1.91 bits per heavy atom. The van der Waals surface area contributed by atoms with Gasteiger partial charge in [0.25, 0.3) is 0 Å². The minimum Gasteiger partial charge on any atom is -0.465 e. The summed E-state index contributed by atoms with van der Waals surface area (Å²) in [6.07, 6.45) is 0. The number of hydrogen-bond donors (Lipinski definition) is 0. The van der Waals surface area contributed by atoms with E-state index in [1.807, 2.05) is 41.8 Å². The van der Waals surface area contributed by atoms with Crippen LogP contribution in [0.5, 0.6) is 0 Å². The van der Waals surface area contributed by atoms with Gasteiger partial charge in [0.05, 0.1) is 18.4 Å². The molecule has 110 valence electrons. The molecule has 0 aliphatic heterocycles. The Labute approximate surface area is 137 Å². The third-order valence-corrected chi connectivity index (χ3v) is 4.30. The van der Waals surface area contributed by atoms with Crippen molar-refractivity contribution in [2.45, 2.75) is 0 Å². The van der Waals surface area contributed by atoms with E-state index in [1.165, 1.54) is 7.11 Å². The molecular formula is C17H12ClNO2S. The molecule has 3 aromatic rings. The van der Waals surface area contributed by atoms with E-state index < -0.39 is 0 Å². The molecular weight excluding hydrogens is 318 g/mol. The summed E-state index contributed by atoms with van der Waals surface area (Å²) in [4.78, 5) is 16.1.